The Morgan fingerprint density at radius 1 is 1.09 bits per heavy atom. The molecule has 0 bridgehead atoms. The fourth-order valence-corrected chi connectivity index (χ4v) is 2.39. The number of hydrogen-bond acceptors (Lipinski definition) is 3. The molecule has 1 amide bonds. The van der Waals surface area contributed by atoms with Gasteiger partial charge in [0.15, 0.2) is 0 Å². The first-order valence-electron chi connectivity index (χ1n) is 7.01. The second-order valence-electron chi connectivity index (χ2n) is 4.73. The lowest BCUT2D eigenvalue weighted by atomic mass is 10.1. The highest BCUT2D eigenvalue weighted by molar-refractivity contribution is 6.33. The molecule has 2 aromatic carbocycles. The van der Waals surface area contributed by atoms with Crippen molar-refractivity contribution in [2.45, 2.75) is 13.3 Å². The maximum absolute atomic E-state index is 12.1. The number of anilines is 1. The molecule has 0 aliphatic rings. The van der Waals surface area contributed by atoms with Crippen molar-refractivity contribution >= 4 is 40.8 Å². The van der Waals surface area contributed by atoms with E-state index in [9.17, 15) is 9.59 Å². The maximum Gasteiger partial charge on any atom is 0.339 e. The van der Waals surface area contributed by atoms with Crippen LogP contribution in [0, 0.1) is 0 Å². The summed E-state index contributed by atoms with van der Waals surface area (Å²) in [6.07, 6.45) is 0.136. The third kappa shape index (κ3) is 4.71. The Bertz CT molecular complexity index is 732. The largest absolute Gasteiger partial charge is 0.462 e. The molecule has 23 heavy (non-hydrogen) atoms. The molecule has 0 saturated carbocycles. The van der Waals surface area contributed by atoms with Gasteiger partial charge in [-0.2, -0.15) is 0 Å². The van der Waals surface area contributed by atoms with E-state index in [0.29, 0.717) is 10.7 Å². The quantitative estimate of drug-likeness (QED) is 0.814. The van der Waals surface area contributed by atoms with Gasteiger partial charge < -0.3 is 10.1 Å². The van der Waals surface area contributed by atoms with E-state index < -0.39 is 5.97 Å². The number of halogens is 2. The van der Waals surface area contributed by atoms with Crippen molar-refractivity contribution in [2.24, 2.45) is 0 Å². The number of carbonyl (C=O) groups excluding carboxylic acids is 2. The van der Waals surface area contributed by atoms with Crippen molar-refractivity contribution in [3.05, 3.63) is 63.6 Å². The summed E-state index contributed by atoms with van der Waals surface area (Å²) < 4.78 is 4.93. The molecule has 4 nitrogen and oxygen atoms in total. The van der Waals surface area contributed by atoms with E-state index in [1.165, 1.54) is 6.07 Å². The molecule has 2 rings (SSSR count). The van der Waals surface area contributed by atoms with Gasteiger partial charge in [0.25, 0.3) is 0 Å². The second-order valence-corrected chi connectivity index (χ2v) is 5.55. The molecule has 0 aromatic heterocycles. The summed E-state index contributed by atoms with van der Waals surface area (Å²) in [7, 11) is 0. The van der Waals surface area contributed by atoms with Crippen LogP contribution < -0.4 is 5.32 Å². The Labute approximate surface area is 144 Å². The van der Waals surface area contributed by atoms with Crippen molar-refractivity contribution in [1.82, 2.24) is 0 Å². The third-order valence-electron chi connectivity index (χ3n) is 3.05. The van der Waals surface area contributed by atoms with Crippen LogP contribution in [0.3, 0.4) is 0 Å². The van der Waals surface area contributed by atoms with Crippen LogP contribution in [0.5, 0.6) is 0 Å². The van der Waals surface area contributed by atoms with Gasteiger partial charge in [-0.3, -0.25) is 4.79 Å². The zero-order valence-electron chi connectivity index (χ0n) is 12.4. The summed E-state index contributed by atoms with van der Waals surface area (Å²) in [5.74, 6) is -0.769. The number of benzene rings is 2. The lowest BCUT2D eigenvalue weighted by molar-refractivity contribution is -0.115. The van der Waals surface area contributed by atoms with Crippen LogP contribution in [-0.2, 0) is 16.0 Å². The third-order valence-corrected chi connectivity index (χ3v) is 3.75. The van der Waals surface area contributed by atoms with E-state index in [1.54, 1.807) is 37.3 Å². The van der Waals surface area contributed by atoms with Gasteiger partial charge in [-0.15, -0.1) is 0 Å². The predicted octanol–water partition coefficient (Wildman–Crippen LogP) is 4.35. The van der Waals surface area contributed by atoms with E-state index in [4.69, 9.17) is 27.9 Å². The average molecular weight is 352 g/mol. The second kappa shape index (κ2) is 7.99. The summed E-state index contributed by atoms with van der Waals surface area (Å²) >= 11 is 12.0. The highest BCUT2D eigenvalue weighted by Crippen LogP contribution is 2.22. The van der Waals surface area contributed by atoms with Crippen molar-refractivity contribution in [2.75, 3.05) is 11.9 Å². The van der Waals surface area contributed by atoms with Crippen LogP contribution in [0.4, 0.5) is 5.69 Å². The smallest absolute Gasteiger partial charge is 0.339 e. The van der Waals surface area contributed by atoms with Gasteiger partial charge in [-0.1, -0.05) is 41.4 Å². The molecule has 0 spiro atoms. The molecular formula is C17H15Cl2NO3. The SMILES string of the molecule is CCOC(=O)c1cc(NC(=O)Cc2ccccc2Cl)ccc1Cl. The Balaban J connectivity index is 2.11. The fourth-order valence-electron chi connectivity index (χ4n) is 1.99. The number of hydrogen-bond donors (Lipinski definition) is 1. The minimum atomic E-state index is -0.528. The summed E-state index contributed by atoms with van der Waals surface area (Å²) in [5.41, 5.74) is 1.41. The number of amides is 1. The molecule has 0 aliphatic carbocycles. The molecule has 2 aromatic rings. The van der Waals surface area contributed by atoms with Crippen LogP contribution in [0.15, 0.2) is 42.5 Å². The number of carbonyl (C=O) groups is 2. The van der Waals surface area contributed by atoms with E-state index in [-0.39, 0.29) is 29.5 Å². The van der Waals surface area contributed by atoms with E-state index in [1.807, 2.05) is 6.07 Å². The predicted molar refractivity (Wildman–Crippen MR) is 91.2 cm³/mol. The van der Waals surface area contributed by atoms with Crippen molar-refractivity contribution in [3.8, 4) is 0 Å². The Kier molecular flexibility index (Phi) is 6.02. The number of nitrogens with one attached hydrogen (secondary N) is 1. The van der Waals surface area contributed by atoms with Crippen LogP contribution in [0.2, 0.25) is 10.0 Å². The summed E-state index contributed by atoms with van der Waals surface area (Å²) in [6.45, 7) is 1.96. The Morgan fingerprint density at radius 3 is 2.52 bits per heavy atom. The molecule has 0 aliphatic heterocycles. The molecule has 0 radical (unpaired) electrons. The van der Waals surface area contributed by atoms with Crippen LogP contribution in [0.1, 0.15) is 22.8 Å². The van der Waals surface area contributed by atoms with E-state index in [0.717, 1.165) is 5.56 Å². The number of ether oxygens (including phenoxy) is 1. The fraction of sp³-hybridized carbons (Fsp3) is 0.176. The molecule has 0 unspecified atom stereocenters. The molecule has 0 atom stereocenters. The summed E-state index contributed by atoms with van der Waals surface area (Å²) in [5, 5.41) is 3.52. The Morgan fingerprint density at radius 2 is 1.83 bits per heavy atom. The van der Waals surface area contributed by atoms with Crippen LogP contribution in [-0.4, -0.2) is 18.5 Å². The normalized spacial score (nSPS) is 10.2. The molecule has 0 heterocycles. The van der Waals surface area contributed by atoms with Gasteiger partial charge in [-0.25, -0.2) is 4.79 Å². The first-order chi connectivity index (χ1) is 11.0. The molecular weight excluding hydrogens is 337 g/mol. The molecule has 6 heteroatoms. The van der Waals surface area contributed by atoms with Gasteiger partial charge in [-0.05, 0) is 36.8 Å². The van der Waals surface area contributed by atoms with E-state index >= 15 is 0 Å². The van der Waals surface area contributed by atoms with Gasteiger partial charge in [0.05, 0.1) is 23.6 Å². The highest BCUT2D eigenvalue weighted by atomic mass is 35.5. The first-order valence-corrected chi connectivity index (χ1v) is 7.76. The van der Waals surface area contributed by atoms with Gasteiger partial charge in [0.2, 0.25) is 5.91 Å². The maximum atomic E-state index is 12.1. The van der Waals surface area contributed by atoms with Crippen molar-refractivity contribution < 1.29 is 14.3 Å². The van der Waals surface area contributed by atoms with Gasteiger partial charge in [0, 0.05) is 10.7 Å². The summed E-state index contributed by atoms with van der Waals surface area (Å²) in [6, 6.07) is 11.8. The van der Waals surface area contributed by atoms with Crippen LogP contribution >= 0.6 is 23.2 Å². The minimum Gasteiger partial charge on any atom is -0.462 e. The molecule has 1 N–H and O–H groups in total. The zero-order valence-corrected chi connectivity index (χ0v) is 13.9. The standard InChI is InChI=1S/C17H15Cl2NO3/c1-2-23-17(22)13-10-12(7-8-15(13)19)20-16(21)9-11-5-3-4-6-14(11)18/h3-8,10H,2,9H2,1H3,(H,20,21). The molecule has 120 valence electrons. The Hall–Kier alpha value is -2.04. The minimum absolute atomic E-state index is 0.136. The van der Waals surface area contributed by atoms with Crippen molar-refractivity contribution in [3.63, 3.8) is 0 Å². The zero-order chi connectivity index (χ0) is 16.8. The van der Waals surface area contributed by atoms with Gasteiger partial charge in [0.1, 0.15) is 0 Å². The summed E-state index contributed by atoms with van der Waals surface area (Å²) in [4.78, 5) is 23.9. The van der Waals surface area contributed by atoms with Gasteiger partial charge >= 0.3 is 5.97 Å². The monoisotopic (exact) mass is 351 g/mol. The molecule has 0 saturated heterocycles. The number of esters is 1. The first kappa shape index (κ1) is 17.3. The molecule has 0 fully saturated rings. The topological polar surface area (TPSA) is 55.4 Å². The number of rotatable bonds is 5. The average Bonchev–Trinajstić information content (AvgIpc) is 2.51. The van der Waals surface area contributed by atoms with Crippen LogP contribution in [0.25, 0.3) is 0 Å². The highest BCUT2D eigenvalue weighted by Gasteiger charge is 2.14. The lowest BCUT2D eigenvalue weighted by Gasteiger charge is -2.09. The lowest BCUT2D eigenvalue weighted by Crippen LogP contribution is -2.15. The van der Waals surface area contributed by atoms with Crippen molar-refractivity contribution in [1.29, 1.82) is 0 Å². The van der Waals surface area contributed by atoms with E-state index in [2.05, 4.69) is 5.32 Å².